The summed E-state index contributed by atoms with van der Waals surface area (Å²) in [6.45, 7) is 9.86. The first-order valence-electron chi connectivity index (χ1n) is 6.56. The van der Waals surface area contributed by atoms with Crippen LogP contribution in [0.5, 0.6) is 0 Å². The van der Waals surface area contributed by atoms with E-state index < -0.39 is 0 Å². The second-order valence-corrected chi connectivity index (χ2v) is 4.42. The van der Waals surface area contributed by atoms with Gasteiger partial charge in [0.2, 0.25) is 0 Å². The third-order valence-electron chi connectivity index (χ3n) is 2.69. The van der Waals surface area contributed by atoms with Crippen molar-refractivity contribution in [3.63, 3.8) is 0 Å². The Morgan fingerprint density at radius 3 is 2.12 bits per heavy atom. The molecule has 0 radical (unpaired) electrons. The molecule has 0 heterocycles. The molecule has 0 aromatic carbocycles. The summed E-state index contributed by atoms with van der Waals surface area (Å²) in [5.41, 5.74) is 0. The molecule has 0 amide bonds. The molecule has 2 atom stereocenters. The van der Waals surface area contributed by atoms with Gasteiger partial charge in [-0.05, 0) is 33.7 Å². The number of hydrogen-bond acceptors (Lipinski definition) is 3. The van der Waals surface area contributed by atoms with Gasteiger partial charge in [0.25, 0.3) is 0 Å². The highest BCUT2D eigenvalue weighted by atomic mass is 16.5. The van der Waals surface area contributed by atoms with Gasteiger partial charge in [0.05, 0.1) is 25.4 Å². The third-order valence-corrected chi connectivity index (χ3v) is 2.69. The van der Waals surface area contributed by atoms with E-state index in [1.165, 1.54) is 12.8 Å². The molecule has 0 aromatic rings. The Labute approximate surface area is 101 Å². The van der Waals surface area contributed by atoms with Crippen LogP contribution in [0, 0.1) is 0 Å². The van der Waals surface area contributed by atoms with Crippen LogP contribution in [0.1, 0.15) is 47.0 Å². The van der Waals surface area contributed by atoms with Crippen LogP contribution in [-0.2, 0) is 9.47 Å². The van der Waals surface area contributed by atoms with Gasteiger partial charge >= 0.3 is 0 Å². The van der Waals surface area contributed by atoms with Gasteiger partial charge in [-0.1, -0.05) is 20.3 Å². The Morgan fingerprint density at radius 1 is 1.06 bits per heavy atom. The highest BCUT2D eigenvalue weighted by Crippen LogP contribution is 2.09. The van der Waals surface area contributed by atoms with Crippen LogP contribution in [0.15, 0.2) is 0 Å². The molecule has 2 unspecified atom stereocenters. The summed E-state index contributed by atoms with van der Waals surface area (Å²) in [7, 11) is 2.01. The largest absolute Gasteiger partial charge is 0.376 e. The quantitative estimate of drug-likeness (QED) is 0.586. The highest BCUT2D eigenvalue weighted by molar-refractivity contribution is 4.74. The second kappa shape index (κ2) is 10.1. The van der Waals surface area contributed by atoms with Crippen molar-refractivity contribution in [1.82, 2.24) is 5.32 Å². The highest BCUT2D eigenvalue weighted by Gasteiger charge is 2.17. The van der Waals surface area contributed by atoms with Gasteiger partial charge in [-0.15, -0.1) is 0 Å². The van der Waals surface area contributed by atoms with Crippen LogP contribution < -0.4 is 5.32 Å². The van der Waals surface area contributed by atoms with Crippen molar-refractivity contribution in [3.05, 3.63) is 0 Å². The van der Waals surface area contributed by atoms with Crippen molar-refractivity contribution < 1.29 is 9.47 Å². The maximum Gasteiger partial charge on any atom is 0.0726 e. The Bertz CT molecular complexity index is 151. The average Bonchev–Trinajstić information content (AvgIpc) is 2.26. The number of ether oxygens (including phenoxy) is 2. The maximum absolute atomic E-state index is 5.86. The third kappa shape index (κ3) is 7.20. The molecule has 3 heteroatoms. The zero-order chi connectivity index (χ0) is 12.4. The fourth-order valence-electron chi connectivity index (χ4n) is 1.83. The van der Waals surface area contributed by atoms with Crippen molar-refractivity contribution in [3.8, 4) is 0 Å². The summed E-state index contributed by atoms with van der Waals surface area (Å²) in [6.07, 6.45) is 4.00. The SMILES string of the molecule is CCCC(NC)C(CC)OCCOC(C)C. The van der Waals surface area contributed by atoms with Crippen LogP contribution >= 0.6 is 0 Å². The van der Waals surface area contributed by atoms with Crippen LogP contribution in [0.25, 0.3) is 0 Å². The minimum Gasteiger partial charge on any atom is -0.376 e. The van der Waals surface area contributed by atoms with E-state index in [2.05, 4.69) is 19.2 Å². The summed E-state index contributed by atoms with van der Waals surface area (Å²) in [5, 5.41) is 3.34. The van der Waals surface area contributed by atoms with Crippen LogP contribution in [0.2, 0.25) is 0 Å². The summed E-state index contributed by atoms with van der Waals surface area (Å²) in [5.74, 6) is 0. The van der Waals surface area contributed by atoms with E-state index in [9.17, 15) is 0 Å². The second-order valence-electron chi connectivity index (χ2n) is 4.42. The van der Waals surface area contributed by atoms with E-state index in [0.29, 0.717) is 31.5 Å². The van der Waals surface area contributed by atoms with Gasteiger partial charge in [0.1, 0.15) is 0 Å². The predicted molar refractivity (Wildman–Crippen MR) is 68.9 cm³/mol. The lowest BCUT2D eigenvalue weighted by Gasteiger charge is -2.26. The lowest BCUT2D eigenvalue weighted by Crippen LogP contribution is -2.39. The molecule has 0 spiro atoms. The van der Waals surface area contributed by atoms with Gasteiger partial charge in [0, 0.05) is 6.04 Å². The normalized spacial score (nSPS) is 15.4. The molecular formula is C13H29NO2. The van der Waals surface area contributed by atoms with E-state index in [-0.39, 0.29) is 0 Å². The number of rotatable bonds is 10. The van der Waals surface area contributed by atoms with Crippen molar-refractivity contribution in [2.24, 2.45) is 0 Å². The van der Waals surface area contributed by atoms with Gasteiger partial charge in [-0.2, -0.15) is 0 Å². The maximum atomic E-state index is 5.86. The van der Waals surface area contributed by atoms with Gasteiger partial charge in [-0.25, -0.2) is 0 Å². The van der Waals surface area contributed by atoms with Crippen molar-refractivity contribution in [1.29, 1.82) is 0 Å². The van der Waals surface area contributed by atoms with E-state index in [1.54, 1.807) is 0 Å². The Morgan fingerprint density at radius 2 is 1.69 bits per heavy atom. The monoisotopic (exact) mass is 231 g/mol. The molecule has 0 aliphatic carbocycles. The van der Waals surface area contributed by atoms with Crippen molar-refractivity contribution in [2.75, 3.05) is 20.3 Å². The number of likely N-dealkylation sites (N-methyl/N-ethyl adjacent to an activating group) is 1. The smallest absolute Gasteiger partial charge is 0.0726 e. The Balaban J connectivity index is 3.79. The van der Waals surface area contributed by atoms with Crippen LogP contribution in [0.3, 0.4) is 0 Å². The number of nitrogens with one attached hydrogen (secondary N) is 1. The predicted octanol–water partition coefficient (Wildman–Crippen LogP) is 2.59. The first-order valence-corrected chi connectivity index (χ1v) is 6.56. The summed E-state index contributed by atoms with van der Waals surface area (Å²) < 4.78 is 11.3. The Kier molecular flexibility index (Phi) is 9.99. The van der Waals surface area contributed by atoms with Gasteiger partial charge in [0.15, 0.2) is 0 Å². The molecule has 1 N–H and O–H groups in total. The first-order chi connectivity index (χ1) is 7.65. The molecule has 0 aliphatic heterocycles. The molecule has 0 fully saturated rings. The zero-order valence-corrected chi connectivity index (χ0v) is 11.6. The molecule has 3 nitrogen and oxygen atoms in total. The molecule has 0 bridgehead atoms. The fourth-order valence-corrected chi connectivity index (χ4v) is 1.83. The van der Waals surface area contributed by atoms with E-state index in [1.807, 2.05) is 20.9 Å². The van der Waals surface area contributed by atoms with E-state index >= 15 is 0 Å². The van der Waals surface area contributed by atoms with E-state index in [0.717, 1.165) is 6.42 Å². The van der Waals surface area contributed by atoms with Crippen molar-refractivity contribution >= 4 is 0 Å². The van der Waals surface area contributed by atoms with Gasteiger partial charge < -0.3 is 14.8 Å². The minimum atomic E-state index is 0.291. The van der Waals surface area contributed by atoms with E-state index in [4.69, 9.17) is 9.47 Å². The molecule has 0 saturated carbocycles. The van der Waals surface area contributed by atoms with Crippen LogP contribution in [0.4, 0.5) is 0 Å². The number of hydrogen-bond donors (Lipinski definition) is 1. The Hall–Kier alpha value is -0.120. The summed E-state index contributed by atoms with van der Waals surface area (Å²) in [4.78, 5) is 0. The van der Waals surface area contributed by atoms with Crippen LogP contribution in [-0.4, -0.2) is 38.5 Å². The van der Waals surface area contributed by atoms with Crippen molar-refractivity contribution in [2.45, 2.75) is 65.2 Å². The lowest BCUT2D eigenvalue weighted by molar-refractivity contribution is -0.0266. The summed E-state index contributed by atoms with van der Waals surface area (Å²) >= 11 is 0. The summed E-state index contributed by atoms with van der Waals surface area (Å²) in [6, 6.07) is 0.467. The topological polar surface area (TPSA) is 30.5 Å². The molecule has 16 heavy (non-hydrogen) atoms. The molecule has 98 valence electrons. The molecular weight excluding hydrogens is 202 g/mol. The minimum absolute atomic E-state index is 0.291. The van der Waals surface area contributed by atoms with Gasteiger partial charge in [-0.3, -0.25) is 0 Å². The first kappa shape index (κ1) is 15.9. The molecule has 0 saturated heterocycles. The molecule has 0 aliphatic rings. The molecule has 0 rings (SSSR count). The standard InChI is InChI=1S/C13H29NO2/c1-6-8-12(14-5)13(7-2)16-10-9-15-11(3)4/h11-14H,6-10H2,1-5H3. The average molecular weight is 231 g/mol. The fraction of sp³-hybridized carbons (Fsp3) is 1.00. The lowest BCUT2D eigenvalue weighted by atomic mass is 10.0. The zero-order valence-electron chi connectivity index (χ0n) is 11.6. The molecule has 0 aromatic heterocycles.